The van der Waals surface area contributed by atoms with Gasteiger partial charge in [-0.25, -0.2) is 4.98 Å². The molecule has 0 saturated heterocycles. The topological polar surface area (TPSA) is 17.3 Å². The number of halogens is 1. The molecule has 0 aromatic carbocycles. The van der Waals surface area contributed by atoms with E-state index < -0.39 is 0 Å². The third-order valence-corrected chi connectivity index (χ3v) is 2.76. The lowest BCUT2D eigenvalue weighted by molar-refractivity contribution is 0.542. The zero-order valence-corrected chi connectivity index (χ0v) is 10.2. The van der Waals surface area contributed by atoms with Gasteiger partial charge in [0.25, 0.3) is 0 Å². The summed E-state index contributed by atoms with van der Waals surface area (Å²) >= 11 is 3.48. The summed E-state index contributed by atoms with van der Waals surface area (Å²) in [6.07, 6.45) is 2.05. The Bertz CT molecular complexity index is 466. The van der Waals surface area contributed by atoms with Gasteiger partial charge in [0.15, 0.2) is 0 Å². The predicted octanol–water partition coefficient (Wildman–Crippen LogP) is 3.39. The number of fused-ring (bicyclic) bond motifs is 1. The van der Waals surface area contributed by atoms with E-state index >= 15 is 0 Å². The van der Waals surface area contributed by atoms with Crippen molar-refractivity contribution in [3.63, 3.8) is 0 Å². The van der Waals surface area contributed by atoms with Gasteiger partial charge in [-0.1, -0.05) is 26.8 Å². The van der Waals surface area contributed by atoms with Crippen LogP contribution in [0.15, 0.2) is 29.0 Å². The molecule has 0 aliphatic carbocycles. The van der Waals surface area contributed by atoms with Gasteiger partial charge >= 0.3 is 0 Å². The van der Waals surface area contributed by atoms with Crippen molar-refractivity contribution in [1.82, 2.24) is 9.38 Å². The van der Waals surface area contributed by atoms with Crippen LogP contribution in [0.25, 0.3) is 5.52 Å². The molecule has 2 rings (SSSR count). The fourth-order valence-electron chi connectivity index (χ4n) is 1.53. The molecule has 0 unspecified atom stereocenters. The normalized spacial score (nSPS) is 12.3. The van der Waals surface area contributed by atoms with Crippen molar-refractivity contribution >= 4 is 21.4 Å². The van der Waals surface area contributed by atoms with Crippen molar-refractivity contribution in [3.05, 3.63) is 34.8 Å². The second-order valence-electron chi connectivity index (χ2n) is 4.43. The van der Waals surface area contributed by atoms with Gasteiger partial charge in [0.05, 0.1) is 5.52 Å². The van der Waals surface area contributed by atoms with E-state index in [0.29, 0.717) is 0 Å². The standard InChI is InChI=1S/C11H13BrN2/c1-11(2,3)10-13-9(12)8-6-4-5-7-14(8)10/h4-7H,1-3H3. The molecule has 0 bridgehead atoms. The average Bonchev–Trinajstić information content (AvgIpc) is 2.44. The summed E-state index contributed by atoms with van der Waals surface area (Å²) < 4.78 is 3.05. The summed E-state index contributed by atoms with van der Waals surface area (Å²) in [5.41, 5.74) is 1.19. The number of hydrogen-bond acceptors (Lipinski definition) is 1. The molecule has 74 valence electrons. The van der Waals surface area contributed by atoms with E-state index in [1.807, 2.05) is 18.3 Å². The van der Waals surface area contributed by atoms with Gasteiger partial charge in [-0.2, -0.15) is 0 Å². The second kappa shape index (κ2) is 3.09. The van der Waals surface area contributed by atoms with E-state index in [4.69, 9.17) is 0 Å². The summed E-state index contributed by atoms with van der Waals surface area (Å²) in [6, 6.07) is 6.11. The van der Waals surface area contributed by atoms with E-state index in [-0.39, 0.29) is 5.41 Å². The maximum Gasteiger partial charge on any atom is 0.132 e. The van der Waals surface area contributed by atoms with Gasteiger partial charge in [0.2, 0.25) is 0 Å². The van der Waals surface area contributed by atoms with Gasteiger partial charge in [0, 0.05) is 11.6 Å². The van der Waals surface area contributed by atoms with Crippen LogP contribution < -0.4 is 0 Å². The molecule has 0 atom stereocenters. The van der Waals surface area contributed by atoms with Crippen LogP contribution >= 0.6 is 15.9 Å². The molecule has 0 amide bonds. The Labute approximate surface area is 92.1 Å². The van der Waals surface area contributed by atoms with Crippen molar-refractivity contribution in [1.29, 1.82) is 0 Å². The summed E-state index contributed by atoms with van der Waals surface area (Å²) in [7, 11) is 0. The number of pyridine rings is 1. The second-order valence-corrected chi connectivity index (χ2v) is 5.18. The molecular formula is C11H13BrN2. The number of imidazole rings is 1. The lowest BCUT2D eigenvalue weighted by Gasteiger charge is -2.16. The van der Waals surface area contributed by atoms with Crippen molar-refractivity contribution < 1.29 is 0 Å². The SMILES string of the molecule is CC(C)(C)c1nc(Br)c2ccccn12. The Morgan fingerprint density at radius 2 is 2.00 bits per heavy atom. The van der Waals surface area contributed by atoms with Crippen LogP contribution in [0.2, 0.25) is 0 Å². The molecule has 0 radical (unpaired) electrons. The van der Waals surface area contributed by atoms with Crippen LogP contribution in [0.3, 0.4) is 0 Å². The molecule has 0 aliphatic heterocycles. The van der Waals surface area contributed by atoms with Crippen molar-refractivity contribution in [2.75, 3.05) is 0 Å². The molecule has 14 heavy (non-hydrogen) atoms. The predicted molar refractivity (Wildman–Crippen MR) is 61.6 cm³/mol. The first-order valence-corrected chi connectivity index (χ1v) is 5.42. The molecule has 0 fully saturated rings. The largest absolute Gasteiger partial charge is 0.302 e. The van der Waals surface area contributed by atoms with Gasteiger partial charge in [0.1, 0.15) is 10.4 Å². The first-order valence-electron chi connectivity index (χ1n) is 4.63. The molecule has 2 aromatic heterocycles. The highest BCUT2D eigenvalue weighted by molar-refractivity contribution is 9.10. The monoisotopic (exact) mass is 252 g/mol. The lowest BCUT2D eigenvalue weighted by Crippen LogP contribution is -2.15. The smallest absolute Gasteiger partial charge is 0.132 e. The molecule has 0 spiro atoms. The molecular weight excluding hydrogens is 240 g/mol. The maximum absolute atomic E-state index is 4.54. The van der Waals surface area contributed by atoms with Gasteiger partial charge in [-0.3, -0.25) is 0 Å². The van der Waals surface area contributed by atoms with Crippen LogP contribution in [-0.2, 0) is 5.41 Å². The highest BCUT2D eigenvalue weighted by Crippen LogP contribution is 2.26. The number of rotatable bonds is 0. The highest BCUT2D eigenvalue weighted by Gasteiger charge is 2.21. The molecule has 0 saturated carbocycles. The molecule has 3 heteroatoms. The minimum Gasteiger partial charge on any atom is -0.302 e. The fourth-order valence-corrected chi connectivity index (χ4v) is 2.02. The van der Waals surface area contributed by atoms with E-state index in [1.54, 1.807) is 0 Å². The Morgan fingerprint density at radius 3 is 2.64 bits per heavy atom. The van der Waals surface area contributed by atoms with Crippen LogP contribution in [0.4, 0.5) is 0 Å². The average molecular weight is 253 g/mol. The number of hydrogen-bond donors (Lipinski definition) is 0. The summed E-state index contributed by atoms with van der Waals surface area (Å²) in [6.45, 7) is 6.50. The maximum atomic E-state index is 4.54. The third kappa shape index (κ3) is 1.46. The Balaban J connectivity index is 2.80. The lowest BCUT2D eigenvalue weighted by atomic mass is 9.96. The van der Waals surface area contributed by atoms with Gasteiger partial charge < -0.3 is 4.40 Å². The van der Waals surface area contributed by atoms with Gasteiger partial charge in [-0.15, -0.1) is 0 Å². The van der Waals surface area contributed by atoms with Crippen molar-refractivity contribution in [2.45, 2.75) is 26.2 Å². The summed E-state index contributed by atoms with van der Waals surface area (Å²) in [5.74, 6) is 1.08. The fraction of sp³-hybridized carbons (Fsp3) is 0.364. The van der Waals surface area contributed by atoms with E-state index in [1.165, 1.54) is 0 Å². The molecule has 2 nitrogen and oxygen atoms in total. The molecule has 2 aromatic rings. The minimum atomic E-state index is 0.0658. The van der Waals surface area contributed by atoms with Crippen molar-refractivity contribution in [2.24, 2.45) is 0 Å². The zero-order chi connectivity index (χ0) is 10.3. The zero-order valence-electron chi connectivity index (χ0n) is 8.58. The number of nitrogens with zero attached hydrogens (tertiary/aromatic N) is 2. The summed E-state index contributed by atoms with van der Waals surface area (Å²) in [4.78, 5) is 4.54. The van der Waals surface area contributed by atoms with E-state index in [0.717, 1.165) is 15.9 Å². The summed E-state index contributed by atoms with van der Waals surface area (Å²) in [5, 5.41) is 0. The molecule has 0 aliphatic rings. The Morgan fingerprint density at radius 1 is 1.29 bits per heavy atom. The van der Waals surface area contributed by atoms with Crippen LogP contribution in [0.5, 0.6) is 0 Å². The van der Waals surface area contributed by atoms with Crippen LogP contribution in [0, 0.1) is 0 Å². The van der Waals surface area contributed by atoms with Gasteiger partial charge in [-0.05, 0) is 28.1 Å². The Kier molecular flexibility index (Phi) is 2.14. The minimum absolute atomic E-state index is 0.0658. The van der Waals surface area contributed by atoms with E-state index in [9.17, 15) is 0 Å². The number of aromatic nitrogens is 2. The van der Waals surface area contributed by atoms with Crippen molar-refractivity contribution in [3.8, 4) is 0 Å². The molecule has 0 N–H and O–H groups in total. The first kappa shape index (κ1) is 9.71. The van der Waals surface area contributed by atoms with E-state index in [2.05, 4.69) is 52.2 Å². The van der Waals surface area contributed by atoms with Crippen LogP contribution in [-0.4, -0.2) is 9.38 Å². The van der Waals surface area contributed by atoms with Crippen LogP contribution in [0.1, 0.15) is 26.6 Å². The third-order valence-electron chi connectivity index (χ3n) is 2.17. The molecule has 2 heterocycles. The quantitative estimate of drug-likeness (QED) is 0.703. The first-order chi connectivity index (χ1) is 6.50. The highest BCUT2D eigenvalue weighted by atomic mass is 79.9. The Hall–Kier alpha value is -0.830.